The molecule has 0 spiro atoms. The van der Waals surface area contributed by atoms with Gasteiger partial charge in [-0.2, -0.15) is 0 Å². The number of thioether (sulfide) groups is 1. The van der Waals surface area contributed by atoms with Crippen LogP contribution in [0, 0.1) is 0 Å². The van der Waals surface area contributed by atoms with Crippen LogP contribution in [0.5, 0.6) is 0 Å². The van der Waals surface area contributed by atoms with E-state index in [4.69, 9.17) is 0 Å². The molecule has 3 aromatic rings. The normalized spacial score (nSPS) is 23.4. The Morgan fingerprint density at radius 2 is 1.37 bits per heavy atom. The van der Waals surface area contributed by atoms with Gasteiger partial charge in [-0.05, 0) is 32.7 Å². The molecule has 5 rings (SSSR count). The fourth-order valence-corrected chi connectivity index (χ4v) is 4.41. The standard InChI is InChI=1S/C18H12S/c1-2-7-13-11(5-1)12-6-3-4-8-14(12)17-15(13)9-10-16-18(17)19-16/h1-10,16,18H. The Morgan fingerprint density at radius 3 is 2.16 bits per heavy atom. The Hall–Kier alpha value is -1.73. The van der Waals surface area contributed by atoms with Gasteiger partial charge in [-0.25, -0.2) is 0 Å². The minimum atomic E-state index is 0.689. The van der Waals surface area contributed by atoms with Crippen LogP contribution in [0.2, 0.25) is 0 Å². The monoisotopic (exact) mass is 260 g/mol. The van der Waals surface area contributed by atoms with E-state index in [0.29, 0.717) is 5.25 Å². The second kappa shape index (κ2) is 3.43. The van der Waals surface area contributed by atoms with Crippen molar-refractivity contribution < 1.29 is 0 Å². The largest absolute Gasteiger partial charge is 0.143 e. The number of fused-ring (bicyclic) bond motifs is 8. The van der Waals surface area contributed by atoms with Gasteiger partial charge in [-0.3, -0.25) is 0 Å². The average molecular weight is 260 g/mol. The van der Waals surface area contributed by atoms with Gasteiger partial charge in [-0.1, -0.05) is 60.7 Å². The molecule has 0 nitrogen and oxygen atoms in total. The van der Waals surface area contributed by atoms with Crippen LogP contribution in [0.1, 0.15) is 16.4 Å². The van der Waals surface area contributed by atoms with Gasteiger partial charge in [0, 0.05) is 10.5 Å². The third kappa shape index (κ3) is 1.26. The Balaban J connectivity index is 2.10. The summed E-state index contributed by atoms with van der Waals surface area (Å²) in [5.74, 6) is 0. The third-order valence-electron chi connectivity index (χ3n) is 4.28. The summed E-state index contributed by atoms with van der Waals surface area (Å²) in [6.07, 6.45) is 4.71. The molecule has 1 heteroatoms. The lowest BCUT2D eigenvalue weighted by Crippen LogP contribution is -1.98. The summed E-state index contributed by atoms with van der Waals surface area (Å²) >= 11 is 2.08. The molecule has 0 bridgehead atoms. The second-order valence-electron chi connectivity index (χ2n) is 5.30. The van der Waals surface area contributed by atoms with E-state index in [9.17, 15) is 0 Å². The highest BCUT2D eigenvalue weighted by Gasteiger charge is 2.42. The number of hydrogen-bond donors (Lipinski definition) is 0. The summed E-state index contributed by atoms with van der Waals surface area (Å²) in [5, 5.41) is 7.04. The van der Waals surface area contributed by atoms with Crippen LogP contribution in [-0.2, 0) is 0 Å². The van der Waals surface area contributed by atoms with Crippen molar-refractivity contribution in [3.63, 3.8) is 0 Å². The maximum atomic E-state index is 2.37. The van der Waals surface area contributed by atoms with E-state index in [1.165, 1.54) is 27.1 Å². The number of rotatable bonds is 0. The molecule has 1 aliphatic carbocycles. The van der Waals surface area contributed by atoms with E-state index in [1.807, 2.05) is 0 Å². The topological polar surface area (TPSA) is 0 Å². The van der Waals surface area contributed by atoms with Gasteiger partial charge in [-0.15, -0.1) is 11.8 Å². The van der Waals surface area contributed by atoms with E-state index in [1.54, 1.807) is 5.56 Å². The summed E-state index contributed by atoms with van der Waals surface area (Å²) in [6.45, 7) is 0. The van der Waals surface area contributed by atoms with Gasteiger partial charge < -0.3 is 0 Å². The maximum absolute atomic E-state index is 2.37. The van der Waals surface area contributed by atoms with Crippen LogP contribution in [0.15, 0.2) is 54.6 Å². The quantitative estimate of drug-likeness (QED) is 0.396. The SMILES string of the molecule is C1=CC2SC2c2c1c1ccccc1c1ccccc21. The smallest absolute Gasteiger partial charge is 0.0470 e. The lowest BCUT2D eigenvalue weighted by atomic mass is 9.87. The van der Waals surface area contributed by atoms with Crippen molar-refractivity contribution in [2.75, 3.05) is 0 Å². The molecular weight excluding hydrogens is 248 g/mol. The van der Waals surface area contributed by atoms with Gasteiger partial charge in [0.15, 0.2) is 0 Å². The molecule has 1 heterocycles. The Kier molecular flexibility index (Phi) is 1.82. The molecule has 0 N–H and O–H groups in total. The van der Waals surface area contributed by atoms with Crippen LogP contribution < -0.4 is 0 Å². The van der Waals surface area contributed by atoms with Gasteiger partial charge in [0.1, 0.15) is 0 Å². The molecule has 0 radical (unpaired) electrons. The first-order valence-corrected chi connectivity index (χ1v) is 7.65. The maximum Gasteiger partial charge on any atom is 0.0470 e. The molecule has 90 valence electrons. The van der Waals surface area contributed by atoms with E-state index >= 15 is 0 Å². The first-order chi connectivity index (χ1) is 9.43. The van der Waals surface area contributed by atoms with Gasteiger partial charge in [0.25, 0.3) is 0 Å². The lowest BCUT2D eigenvalue weighted by Gasteiger charge is -2.16. The van der Waals surface area contributed by atoms with Crippen molar-refractivity contribution in [1.82, 2.24) is 0 Å². The Labute approximate surface area is 116 Å². The molecule has 1 fully saturated rings. The highest BCUT2D eigenvalue weighted by Crippen LogP contribution is 2.61. The summed E-state index contributed by atoms with van der Waals surface area (Å²) in [6, 6.07) is 17.7. The predicted octanol–water partition coefficient (Wildman–Crippen LogP) is 5.18. The van der Waals surface area contributed by atoms with Crippen molar-refractivity contribution in [2.24, 2.45) is 0 Å². The molecule has 0 amide bonds. The average Bonchev–Trinajstić information content (AvgIpc) is 3.26. The van der Waals surface area contributed by atoms with Crippen LogP contribution >= 0.6 is 11.8 Å². The van der Waals surface area contributed by atoms with Crippen LogP contribution in [0.4, 0.5) is 0 Å². The highest BCUT2D eigenvalue weighted by atomic mass is 32.2. The van der Waals surface area contributed by atoms with Crippen molar-refractivity contribution >= 4 is 39.4 Å². The van der Waals surface area contributed by atoms with Crippen molar-refractivity contribution in [3.05, 3.63) is 65.7 Å². The molecule has 1 aliphatic heterocycles. The van der Waals surface area contributed by atoms with E-state index in [2.05, 4.69) is 72.4 Å². The van der Waals surface area contributed by atoms with E-state index in [-0.39, 0.29) is 0 Å². The minimum absolute atomic E-state index is 0.689. The minimum Gasteiger partial charge on any atom is -0.143 e. The summed E-state index contributed by atoms with van der Waals surface area (Å²) in [5.41, 5.74) is 3.01. The van der Waals surface area contributed by atoms with Crippen LogP contribution in [0.25, 0.3) is 27.6 Å². The summed E-state index contributed by atoms with van der Waals surface area (Å²) < 4.78 is 0. The molecule has 3 aromatic carbocycles. The van der Waals surface area contributed by atoms with E-state index < -0.39 is 0 Å². The highest BCUT2D eigenvalue weighted by molar-refractivity contribution is 8.07. The Bertz CT molecular complexity index is 860. The van der Waals surface area contributed by atoms with Crippen molar-refractivity contribution in [3.8, 4) is 0 Å². The predicted molar refractivity (Wildman–Crippen MR) is 84.6 cm³/mol. The molecule has 2 aliphatic rings. The van der Waals surface area contributed by atoms with Crippen molar-refractivity contribution in [2.45, 2.75) is 10.5 Å². The fraction of sp³-hybridized carbons (Fsp3) is 0.111. The summed E-state index contributed by atoms with van der Waals surface area (Å²) in [7, 11) is 0. The van der Waals surface area contributed by atoms with Crippen molar-refractivity contribution in [1.29, 1.82) is 0 Å². The summed E-state index contributed by atoms with van der Waals surface area (Å²) in [4.78, 5) is 0. The van der Waals surface area contributed by atoms with Gasteiger partial charge in [0.2, 0.25) is 0 Å². The third-order valence-corrected chi connectivity index (χ3v) is 5.53. The molecule has 19 heavy (non-hydrogen) atoms. The molecule has 0 aromatic heterocycles. The van der Waals surface area contributed by atoms with Crippen LogP contribution in [-0.4, -0.2) is 5.25 Å². The number of benzene rings is 3. The lowest BCUT2D eigenvalue weighted by molar-refractivity contribution is 1.11. The van der Waals surface area contributed by atoms with Gasteiger partial charge in [0.05, 0.1) is 0 Å². The first-order valence-electron chi connectivity index (χ1n) is 6.70. The first kappa shape index (κ1) is 10.1. The zero-order chi connectivity index (χ0) is 12.4. The van der Waals surface area contributed by atoms with Gasteiger partial charge >= 0.3 is 0 Å². The van der Waals surface area contributed by atoms with E-state index in [0.717, 1.165) is 5.25 Å². The molecule has 1 saturated heterocycles. The van der Waals surface area contributed by atoms with Crippen LogP contribution in [0.3, 0.4) is 0 Å². The molecule has 2 unspecified atom stereocenters. The molecule has 0 saturated carbocycles. The number of hydrogen-bond acceptors (Lipinski definition) is 1. The Morgan fingerprint density at radius 1 is 0.737 bits per heavy atom. The molecule has 2 atom stereocenters. The zero-order valence-electron chi connectivity index (χ0n) is 10.3. The molecular formula is C18H12S. The fourth-order valence-electron chi connectivity index (χ4n) is 3.38. The second-order valence-corrected chi connectivity index (χ2v) is 6.62. The zero-order valence-corrected chi connectivity index (χ0v) is 11.2.